The van der Waals surface area contributed by atoms with E-state index in [-0.39, 0.29) is 11.8 Å². The van der Waals surface area contributed by atoms with Crippen LogP contribution in [-0.2, 0) is 9.59 Å². The van der Waals surface area contributed by atoms with Gasteiger partial charge in [-0.3, -0.25) is 9.59 Å². The molecule has 4 heteroatoms. The van der Waals surface area contributed by atoms with Gasteiger partial charge >= 0.3 is 0 Å². The Balaban J connectivity index is 3.85. The molecular formula is C7H14N2O2. The van der Waals surface area contributed by atoms with E-state index >= 15 is 0 Å². The molecule has 0 aromatic heterocycles. The van der Waals surface area contributed by atoms with Crippen LogP contribution in [0.2, 0.25) is 0 Å². The summed E-state index contributed by atoms with van der Waals surface area (Å²) in [5, 5.41) is 2.47. The number of primary amides is 1. The molecule has 0 rings (SSSR count). The second-order valence-corrected chi connectivity index (χ2v) is 2.79. The van der Waals surface area contributed by atoms with E-state index in [1.807, 2.05) is 0 Å². The molecule has 0 aromatic carbocycles. The first-order valence-electron chi connectivity index (χ1n) is 3.54. The van der Waals surface area contributed by atoms with Crippen molar-refractivity contribution >= 4 is 11.8 Å². The molecule has 0 aliphatic carbocycles. The van der Waals surface area contributed by atoms with Crippen LogP contribution in [0, 0.1) is 5.92 Å². The lowest BCUT2D eigenvalue weighted by Crippen LogP contribution is -2.43. The Morgan fingerprint density at radius 3 is 2.00 bits per heavy atom. The summed E-state index contributed by atoms with van der Waals surface area (Å²) in [5.41, 5.74) is 4.93. The van der Waals surface area contributed by atoms with Gasteiger partial charge in [-0.25, -0.2) is 0 Å². The molecule has 0 saturated heterocycles. The van der Waals surface area contributed by atoms with Gasteiger partial charge in [0.1, 0.15) is 6.04 Å². The molecule has 0 spiro atoms. The van der Waals surface area contributed by atoms with E-state index in [1.165, 1.54) is 0 Å². The summed E-state index contributed by atoms with van der Waals surface area (Å²) in [6.07, 6.45) is 0. The van der Waals surface area contributed by atoms with Crippen molar-refractivity contribution in [2.45, 2.75) is 26.8 Å². The number of rotatable bonds is 3. The number of hydrogen-bond donors (Lipinski definition) is 2. The van der Waals surface area contributed by atoms with E-state index in [0.717, 1.165) is 0 Å². The molecule has 64 valence electrons. The quantitative estimate of drug-likeness (QED) is 0.588. The molecule has 0 aliphatic rings. The minimum atomic E-state index is -0.579. The van der Waals surface area contributed by atoms with Crippen LogP contribution in [0.25, 0.3) is 0 Å². The lowest BCUT2D eigenvalue weighted by Gasteiger charge is -2.11. The molecule has 0 aromatic rings. The van der Waals surface area contributed by atoms with Gasteiger partial charge in [0.25, 0.3) is 0 Å². The maximum absolute atomic E-state index is 10.9. The molecule has 3 N–H and O–H groups in total. The van der Waals surface area contributed by atoms with Gasteiger partial charge in [0.2, 0.25) is 11.8 Å². The fraction of sp³-hybridized carbons (Fsp3) is 0.714. The SMILES string of the molecule is CC(C)C(=O)N[C@H](C)C(N)=O. The van der Waals surface area contributed by atoms with E-state index < -0.39 is 11.9 Å². The maximum atomic E-state index is 10.9. The Morgan fingerprint density at radius 2 is 1.73 bits per heavy atom. The zero-order chi connectivity index (χ0) is 9.02. The van der Waals surface area contributed by atoms with Crippen molar-refractivity contribution in [3.8, 4) is 0 Å². The highest BCUT2D eigenvalue weighted by atomic mass is 16.2. The number of nitrogens with one attached hydrogen (secondary N) is 1. The summed E-state index contributed by atoms with van der Waals surface area (Å²) in [6.45, 7) is 5.06. The zero-order valence-corrected chi connectivity index (χ0v) is 7.05. The summed E-state index contributed by atoms with van der Waals surface area (Å²) >= 11 is 0. The molecule has 0 unspecified atom stereocenters. The van der Waals surface area contributed by atoms with Crippen LogP contribution in [0.5, 0.6) is 0 Å². The summed E-state index contributed by atoms with van der Waals surface area (Å²) in [5.74, 6) is -0.785. The monoisotopic (exact) mass is 158 g/mol. The smallest absolute Gasteiger partial charge is 0.239 e. The van der Waals surface area contributed by atoms with Crippen molar-refractivity contribution in [3.05, 3.63) is 0 Å². The van der Waals surface area contributed by atoms with Gasteiger partial charge in [-0.2, -0.15) is 0 Å². The minimum absolute atomic E-state index is 0.114. The lowest BCUT2D eigenvalue weighted by atomic mass is 10.2. The van der Waals surface area contributed by atoms with Crippen LogP contribution in [0.1, 0.15) is 20.8 Å². The summed E-state index contributed by atoms with van der Waals surface area (Å²) in [4.78, 5) is 21.4. The number of carbonyl (C=O) groups excluding carboxylic acids is 2. The molecule has 0 fully saturated rings. The molecule has 0 heterocycles. The molecule has 0 bridgehead atoms. The highest BCUT2D eigenvalue weighted by molar-refractivity contribution is 5.86. The Bertz CT molecular complexity index is 166. The molecule has 0 saturated carbocycles. The fourth-order valence-electron chi connectivity index (χ4n) is 0.451. The van der Waals surface area contributed by atoms with Crippen molar-refractivity contribution in [3.63, 3.8) is 0 Å². The van der Waals surface area contributed by atoms with Gasteiger partial charge in [0, 0.05) is 5.92 Å². The van der Waals surface area contributed by atoms with Gasteiger partial charge < -0.3 is 11.1 Å². The highest BCUT2D eigenvalue weighted by Gasteiger charge is 2.13. The van der Waals surface area contributed by atoms with Crippen molar-refractivity contribution in [2.75, 3.05) is 0 Å². The van der Waals surface area contributed by atoms with Gasteiger partial charge in [-0.1, -0.05) is 13.8 Å². The zero-order valence-electron chi connectivity index (χ0n) is 7.05. The Labute approximate surface area is 66.1 Å². The third kappa shape index (κ3) is 3.60. The van der Waals surface area contributed by atoms with Crippen LogP contribution in [0.3, 0.4) is 0 Å². The number of amides is 2. The van der Waals surface area contributed by atoms with Crippen LogP contribution in [0.15, 0.2) is 0 Å². The normalized spacial score (nSPS) is 12.7. The standard InChI is InChI=1S/C7H14N2O2/c1-4(2)7(11)9-5(3)6(8)10/h4-5H,1-3H3,(H2,8,10)(H,9,11)/t5-/m1/s1. The van der Waals surface area contributed by atoms with Crippen LogP contribution >= 0.6 is 0 Å². The molecule has 1 atom stereocenters. The fourth-order valence-corrected chi connectivity index (χ4v) is 0.451. The minimum Gasteiger partial charge on any atom is -0.368 e. The van der Waals surface area contributed by atoms with E-state index in [2.05, 4.69) is 5.32 Å². The van der Waals surface area contributed by atoms with Gasteiger partial charge in [-0.15, -0.1) is 0 Å². The van der Waals surface area contributed by atoms with Gasteiger partial charge in [0.05, 0.1) is 0 Å². The third-order valence-electron chi connectivity index (χ3n) is 1.31. The molecule has 11 heavy (non-hydrogen) atoms. The molecular weight excluding hydrogens is 144 g/mol. The van der Waals surface area contributed by atoms with E-state index in [9.17, 15) is 9.59 Å². The molecule has 0 radical (unpaired) electrons. The second kappa shape index (κ2) is 3.95. The average molecular weight is 158 g/mol. The summed E-state index contributed by atoms with van der Waals surface area (Å²) in [7, 11) is 0. The van der Waals surface area contributed by atoms with Gasteiger partial charge in [0.15, 0.2) is 0 Å². The topological polar surface area (TPSA) is 72.2 Å². The number of nitrogens with two attached hydrogens (primary N) is 1. The first-order valence-corrected chi connectivity index (χ1v) is 3.54. The summed E-state index contributed by atoms with van der Waals surface area (Å²) in [6, 6.07) is -0.579. The second-order valence-electron chi connectivity index (χ2n) is 2.79. The third-order valence-corrected chi connectivity index (χ3v) is 1.31. The molecule has 2 amide bonds. The molecule has 0 aliphatic heterocycles. The maximum Gasteiger partial charge on any atom is 0.239 e. The van der Waals surface area contributed by atoms with Crippen LogP contribution in [0.4, 0.5) is 0 Å². The van der Waals surface area contributed by atoms with Crippen molar-refractivity contribution in [2.24, 2.45) is 11.7 Å². The molecule has 4 nitrogen and oxygen atoms in total. The van der Waals surface area contributed by atoms with Crippen molar-refractivity contribution in [1.82, 2.24) is 5.32 Å². The predicted octanol–water partition coefficient (Wildman–Crippen LogP) is -0.368. The van der Waals surface area contributed by atoms with E-state index in [0.29, 0.717) is 0 Å². The Morgan fingerprint density at radius 1 is 1.27 bits per heavy atom. The average Bonchev–Trinajstić information content (AvgIpc) is 1.87. The predicted molar refractivity (Wildman–Crippen MR) is 41.6 cm³/mol. The number of carbonyl (C=O) groups is 2. The lowest BCUT2D eigenvalue weighted by molar-refractivity contribution is -0.128. The van der Waals surface area contributed by atoms with Crippen molar-refractivity contribution < 1.29 is 9.59 Å². The first kappa shape index (κ1) is 9.94. The van der Waals surface area contributed by atoms with E-state index in [1.54, 1.807) is 20.8 Å². The van der Waals surface area contributed by atoms with Crippen LogP contribution < -0.4 is 11.1 Å². The van der Waals surface area contributed by atoms with Crippen molar-refractivity contribution in [1.29, 1.82) is 0 Å². The summed E-state index contributed by atoms with van der Waals surface area (Å²) < 4.78 is 0. The first-order chi connectivity index (χ1) is 4.95. The van der Waals surface area contributed by atoms with Crippen LogP contribution in [-0.4, -0.2) is 17.9 Å². The highest BCUT2D eigenvalue weighted by Crippen LogP contribution is 1.91. The van der Waals surface area contributed by atoms with Gasteiger partial charge in [-0.05, 0) is 6.92 Å². The Kier molecular flexibility index (Phi) is 3.57. The number of hydrogen-bond acceptors (Lipinski definition) is 2. The Hall–Kier alpha value is -1.06. The van der Waals surface area contributed by atoms with E-state index in [4.69, 9.17) is 5.73 Å². The largest absolute Gasteiger partial charge is 0.368 e.